The van der Waals surface area contributed by atoms with E-state index in [1.165, 1.54) is 12.8 Å². The van der Waals surface area contributed by atoms with Crippen LogP contribution in [-0.4, -0.2) is 15.0 Å². The molecule has 88 valence electrons. The molecule has 4 heteroatoms. The van der Waals surface area contributed by atoms with Gasteiger partial charge in [-0.15, -0.1) is 5.10 Å². The van der Waals surface area contributed by atoms with Crippen LogP contribution in [0.25, 0.3) is 5.69 Å². The summed E-state index contributed by atoms with van der Waals surface area (Å²) in [6.45, 7) is 0. The predicted octanol–water partition coefficient (Wildman–Crippen LogP) is 2.00. The topological polar surface area (TPSA) is 56.7 Å². The molecule has 2 aromatic rings. The van der Waals surface area contributed by atoms with E-state index in [-0.39, 0.29) is 5.54 Å². The average Bonchev–Trinajstić information content (AvgIpc) is 2.99. The van der Waals surface area contributed by atoms with Gasteiger partial charge in [-0.3, -0.25) is 0 Å². The molecule has 1 aromatic heterocycles. The molecule has 0 atom stereocenters. The van der Waals surface area contributed by atoms with E-state index in [9.17, 15) is 0 Å². The summed E-state index contributed by atoms with van der Waals surface area (Å²) in [6, 6.07) is 9.99. The fraction of sp³-hybridized carbons (Fsp3) is 0.385. The molecule has 1 aliphatic carbocycles. The Balaban J connectivity index is 1.93. The molecule has 1 aromatic carbocycles. The van der Waals surface area contributed by atoms with Crippen molar-refractivity contribution in [1.29, 1.82) is 0 Å². The Morgan fingerprint density at radius 3 is 2.53 bits per heavy atom. The third kappa shape index (κ3) is 1.85. The van der Waals surface area contributed by atoms with E-state index in [0.717, 1.165) is 24.2 Å². The maximum absolute atomic E-state index is 6.36. The minimum absolute atomic E-state index is 0.257. The van der Waals surface area contributed by atoms with Gasteiger partial charge >= 0.3 is 0 Å². The molecule has 0 spiro atoms. The molecule has 3 rings (SSSR count). The average molecular weight is 228 g/mol. The van der Waals surface area contributed by atoms with Gasteiger partial charge in [-0.05, 0) is 25.0 Å². The van der Waals surface area contributed by atoms with Gasteiger partial charge in [0.1, 0.15) is 5.69 Å². The summed E-state index contributed by atoms with van der Waals surface area (Å²) in [4.78, 5) is 0. The van der Waals surface area contributed by atoms with Crippen molar-refractivity contribution in [2.24, 2.45) is 5.73 Å². The number of hydrogen-bond acceptors (Lipinski definition) is 3. The van der Waals surface area contributed by atoms with Gasteiger partial charge in [0.15, 0.2) is 0 Å². The van der Waals surface area contributed by atoms with Crippen LogP contribution in [0.4, 0.5) is 0 Å². The van der Waals surface area contributed by atoms with Gasteiger partial charge in [0.25, 0.3) is 0 Å². The van der Waals surface area contributed by atoms with Crippen molar-refractivity contribution < 1.29 is 0 Å². The Morgan fingerprint density at radius 2 is 1.82 bits per heavy atom. The van der Waals surface area contributed by atoms with Gasteiger partial charge in [0.2, 0.25) is 0 Å². The van der Waals surface area contributed by atoms with Gasteiger partial charge in [0, 0.05) is 0 Å². The van der Waals surface area contributed by atoms with E-state index in [1.54, 1.807) is 4.68 Å². The van der Waals surface area contributed by atoms with Gasteiger partial charge < -0.3 is 5.73 Å². The fourth-order valence-corrected chi connectivity index (χ4v) is 2.46. The number of nitrogens with two attached hydrogens (primary N) is 1. The number of nitrogens with zero attached hydrogens (tertiary/aromatic N) is 3. The van der Waals surface area contributed by atoms with Crippen LogP contribution in [0.3, 0.4) is 0 Å². The maximum Gasteiger partial charge on any atom is 0.103 e. The van der Waals surface area contributed by atoms with Crippen molar-refractivity contribution in [2.45, 2.75) is 31.2 Å². The van der Waals surface area contributed by atoms with E-state index in [2.05, 4.69) is 10.3 Å². The molecule has 1 aliphatic rings. The summed E-state index contributed by atoms with van der Waals surface area (Å²) < 4.78 is 1.79. The largest absolute Gasteiger partial charge is 0.320 e. The normalized spacial score (nSPS) is 18.4. The Kier molecular flexibility index (Phi) is 2.44. The molecule has 17 heavy (non-hydrogen) atoms. The molecule has 1 fully saturated rings. The standard InChI is InChI=1S/C13H16N4/c14-13(8-4-5-9-13)12-10-17(16-15-12)11-6-2-1-3-7-11/h1-3,6-7,10H,4-5,8-9,14H2. The first kappa shape index (κ1) is 10.5. The van der Waals surface area contributed by atoms with Gasteiger partial charge in [0.05, 0.1) is 17.4 Å². The Labute approximate surface area is 100 Å². The first-order valence-corrected chi connectivity index (χ1v) is 6.05. The second-order valence-electron chi connectivity index (χ2n) is 4.75. The lowest BCUT2D eigenvalue weighted by atomic mass is 9.96. The van der Waals surface area contributed by atoms with Crippen LogP contribution in [0.2, 0.25) is 0 Å². The van der Waals surface area contributed by atoms with Crippen molar-refractivity contribution in [1.82, 2.24) is 15.0 Å². The monoisotopic (exact) mass is 228 g/mol. The van der Waals surface area contributed by atoms with Gasteiger partial charge in [-0.2, -0.15) is 0 Å². The summed E-state index contributed by atoms with van der Waals surface area (Å²) in [5, 5.41) is 8.40. The van der Waals surface area contributed by atoms with Crippen LogP contribution in [0, 0.1) is 0 Å². The van der Waals surface area contributed by atoms with E-state index in [0.29, 0.717) is 0 Å². The van der Waals surface area contributed by atoms with E-state index in [4.69, 9.17) is 5.73 Å². The first-order valence-electron chi connectivity index (χ1n) is 6.05. The Bertz CT molecular complexity index is 497. The van der Waals surface area contributed by atoms with Crippen LogP contribution in [0.5, 0.6) is 0 Å². The molecule has 1 heterocycles. The van der Waals surface area contributed by atoms with Crippen LogP contribution >= 0.6 is 0 Å². The van der Waals surface area contributed by atoms with Crippen LogP contribution < -0.4 is 5.73 Å². The highest BCUT2D eigenvalue weighted by atomic mass is 15.4. The number of hydrogen-bond donors (Lipinski definition) is 1. The lowest BCUT2D eigenvalue weighted by Gasteiger charge is -2.19. The predicted molar refractivity (Wildman–Crippen MR) is 65.7 cm³/mol. The van der Waals surface area contributed by atoms with E-state index in [1.807, 2.05) is 36.5 Å². The second kappa shape index (κ2) is 3.96. The van der Waals surface area contributed by atoms with Gasteiger partial charge in [-0.1, -0.05) is 36.3 Å². The van der Waals surface area contributed by atoms with Crippen LogP contribution in [0.1, 0.15) is 31.4 Å². The molecule has 0 saturated heterocycles. The lowest BCUT2D eigenvalue weighted by Crippen LogP contribution is -2.33. The minimum atomic E-state index is -0.257. The van der Waals surface area contributed by atoms with Gasteiger partial charge in [-0.25, -0.2) is 4.68 Å². The molecule has 0 radical (unpaired) electrons. The summed E-state index contributed by atoms with van der Waals surface area (Å²) in [7, 11) is 0. The quantitative estimate of drug-likeness (QED) is 0.855. The SMILES string of the molecule is NC1(c2cn(-c3ccccc3)nn2)CCCC1. The summed E-state index contributed by atoms with van der Waals surface area (Å²) in [5.74, 6) is 0. The molecule has 1 saturated carbocycles. The summed E-state index contributed by atoms with van der Waals surface area (Å²) >= 11 is 0. The Hall–Kier alpha value is -1.68. The Morgan fingerprint density at radius 1 is 1.12 bits per heavy atom. The molecule has 4 nitrogen and oxygen atoms in total. The fourth-order valence-electron chi connectivity index (χ4n) is 2.46. The third-order valence-corrected chi connectivity index (χ3v) is 3.52. The van der Waals surface area contributed by atoms with Crippen molar-refractivity contribution in [2.75, 3.05) is 0 Å². The molecular weight excluding hydrogens is 212 g/mol. The zero-order valence-corrected chi connectivity index (χ0v) is 9.71. The summed E-state index contributed by atoms with van der Waals surface area (Å²) in [6.07, 6.45) is 6.37. The molecular formula is C13H16N4. The van der Waals surface area contributed by atoms with Crippen molar-refractivity contribution in [3.63, 3.8) is 0 Å². The summed E-state index contributed by atoms with van der Waals surface area (Å²) in [5.41, 5.74) is 8.04. The van der Waals surface area contributed by atoms with E-state index >= 15 is 0 Å². The molecule has 0 aliphatic heterocycles. The van der Waals surface area contributed by atoms with Crippen molar-refractivity contribution in [3.05, 3.63) is 42.2 Å². The smallest absolute Gasteiger partial charge is 0.103 e. The highest BCUT2D eigenvalue weighted by Gasteiger charge is 2.33. The minimum Gasteiger partial charge on any atom is -0.320 e. The first-order chi connectivity index (χ1) is 8.28. The second-order valence-corrected chi connectivity index (χ2v) is 4.75. The highest BCUT2D eigenvalue weighted by Crippen LogP contribution is 2.35. The van der Waals surface area contributed by atoms with Crippen molar-refractivity contribution >= 4 is 0 Å². The van der Waals surface area contributed by atoms with Crippen LogP contribution in [0.15, 0.2) is 36.5 Å². The third-order valence-electron chi connectivity index (χ3n) is 3.52. The number of benzene rings is 1. The maximum atomic E-state index is 6.36. The number of aromatic nitrogens is 3. The number of para-hydroxylation sites is 1. The molecule has 0 bridgehead atoms. The molecule has 2 N–H and O–H groups in total. The highest BCUT2D eigenvalue weighted by molar-refractivity contribution is 5.30. The lowest BCUT2D eigenvalue weighted by molar-refractivity contribution is 0.446. The van der Waals surface area contributed by atoms with Crippen molar-refractivity contribution in [3.8, 4) is 5.69 Å². The zero-order valence-electron chi connectivity index (χ0n) is 9.71. The molecule has 0 amide bonds. The van der Waals surface area contributed by atoms with Crippen LogP contribution in [-0.2, 0) is 5.54 Å². The molecule has 0 unspecified atom stereocenters. The zero-order chi connectivity index (χ0) is 11.7. The van der Waals surface area contributed by atoms with E-state index < -0.39 is 0 Å². The number of rotatable bonds is 2.